The highest BCUT2D eigenvalue weighted by molar-refractivity contribution is 5.24. The first kappa shape index (κ1) is 9.10. The maximum Gasteiger partial charge on any atom is 0.214 e. The fourth-order valence-corrected chi connectivity index (χ4v) is 1.22. The van der Waals surface area contributed by atoms with Crippen molar-refractivity contribution in [3.63, 3.8) is 0 Å². The Morgan fingerprint density at radius 3 is 2.67 bits per heavy atom. The van der Waals surface area contributed by atoms with Crippen molar-refractivity contribution < 1.29 is 4.74 Å². The van der Waals surface area contributed by atoms with Crippen LogP contribution >= 0.6 is 0 Å². The molecule has 0 saturated heterocycles. The standard InChI is InChI=1S/C9H16N2O/c1-5-8-6-10-11(7(2)3)9(8)12-4/h6-7H,5H2,1-4H3. The summed E-state index contributed by atoms with van der Waals surface area (Å²) in [6.07, 6.45) is 2.84. The summed E-state index contributed by atoms with van der Waals surface area (Å²) in [5, 5.41) is 4.25. The van der Waals surface area contributed by atoms with Crippen molar-refractivity contribution in [1.82, 2.24) is 9.78 Å². The third kappa shape index (κ3) is 1.44. The van der Waals surface area contributed by atoms with Gasteiger partial charge in [0.2, 0.25) is 5.88 Å². The van der Waals surface area contributed by atoms with Crippen LogP contribution in [0.1, 0.15) is 32.4 Å². The van der Waals surface area contributed by atoms with Crippen molar-refractivity contribution in [2.24, 2.45) is 0 Å². The van der Waals surface area contributed by atoms with E-state index in [-0.39, 0.29) is 0 Å². The molecule has 0 atom stereocenters. The highest BCUT2D eigenvalue weighted by Gasteiger charge is 2.11. The lowest BCUT2D eigenvalue weighted by molar-refractivity contribution is 0.342. The molecule has 0 aliphatic carbocycles. The fourth-order valence-electron chi connectivity index (χ4n) is 1.22. The lowest BCUT2D eigenvalue weighted by atomic mass is 10.3. The summed E-state index contributed by atoms with van der Waals surface area (Å²) in [5.41, 5.74) is 1.17. The van der Waals surface area contributed by atoms with Crippen LogP contribution in [0.2, 0.25) is 0 Å². The first-order valence-corrected chi connectivity index (χ1v) is 4.31. The molecule has 0 aromatic carbocycles. The van der Waals surface area contributed by atoms with Crippen molar-refractivity contribution in [3.05, 3.63) is 11.8 Å². The molecule has 0 saturated carbocycles. The number of rotatable bonds is 3. The molecule has 0 spiro atoms. The molecule has 0 bridgehead atoms. The van der Waals surface area contributed by atoms with E-state index in [9.17, 15) is 0 Å². The van der Waals surface area contributed by atoms with Crippen LogP contribution in [-0.2, 0) is 6.42 Å². The molecule has 1 heterocycles. The third-order valence-corrected chi connectivity index (χ3v) is 1.88. The Hall–Kier alpha value is -0.990. The third-order valence-electron chi connectivity index (χ3n) is 1.88. The summed E-state index contributed by atoms with van der Waals surface area (Å²) in [6.45, 7) is 6.29. The van der Waals surface area contributed by atoms with Crippen LogP contribution in [0.5, 0.6) is 5.88 Å². The highest BCUT2D eigenvalue weighted by atomic mass is 16.5. The normalized spacial score (nSPS) is 10.8. The van der Waals surface area contributed by atoms with E-state index < -0.39 is 0 Å². The van der Waals surface area contributed by atoms with Crippen LogP contribution in [0, 0.1) is 0 Å². The predicted molar refractivity (Wildman–Crippen MR) is 48.5 cm³/mol. The zero-order valence-corrected chi connectivity index (χ0v) is 8.16. The molecule has 1 aromatic rings. The zero-order valence-electron chi connectivity index (χ0n) is 8.16. The van der Waals surface area contributed by atoms with Gasteiger partial charge in [-0.25, -0.2) is 4.68 Å². The maximum absolute atomic E-state index is 5.27. The topological polar surface area (TPSA) is 27.1 Å². The fraction of sp³-hybridized carbons (Fsp3) is 0.667. The summed E-state index contributed by atoms with van der Waals surface area (Å²) in [4.78, 5) is 0. The van der Waals surface area contributed by atoms with Gasteiger partial charge in [0.1, 0.15) is 0 Å². The van der Waals surface area contributed by atoms with Gasteiger partial charge >= 0.3 is 0 Å². The van der Waals surface area contributed by atoms with Gasteiger partial charge in [0.15, 0.2) is 0 Å². The van der Waals surface area contributed by atoms with Gasteiger partial charge in [-0.2, -0.15) is 5.10 Å². The molecular weight excluding hydrogens is 152 g/mol. The monoisotopic (exact) mass is 168 g/mol. The van der Waals surface area contributed by atoms with E-state index in [4.69, 9.17) is 4.74 Å². The first-order valence-electron chi connectivity index (χ1n) is 4.31. The number of hydrogen-bond donors (Lipinski definition) is 0. The summed E-state index contributed by atoms with van der Waals surface area (Å²) >= 11 is 0. The molecule has 1 aromatic heterocycles. The Morgan fingerprint density at radius 2 is 2.25 bits per heavy atom. The van der Waals surface area contributed by atoms with Gasteiger partial charge in [-0.15, -0.1) is 0 Å². The Labute approximate surface area is 73.3 Å². The minimum atomic E-state index is 0.361. The van der Waals surface area contributed by atoms with E-state index in [1.165, 1.54) is 5.56 Å². The van der Waals surface area contributed by atoms with Crippen LogP contribution in [-0.4, -0.2) is 16.9 Å². The average Bonchev–Trinajstić information content (AvgIpc) is 2.46. The molecule has 12 heavy (non-hydrogen) atoms. The van der Waals surface area contributed by atoms with Crippen LogP contribution in [0.3, 0.4) is 0 Å². The van der Waals surface area contributed by atoms with Crippen molar-refractivity contribution in [2.45, 2.75) is 33.2 Å². The molecule has 0 aliphatic rings. The molecular formula is C9H16N2O. The Morgan fingerprint density at radius 1 is 1.58 bits per heavy atom. The SMILES string of the molecule is CCc1cnn(C(C)C)c1OC. The van der Waals surface area contributed by atoms with E-state index >= 15 is 0 Å². The van der Waals surface area contributed by atoms with E-state index in [0.717, 1.165) is 12.3 Å². The van der Waals surface area contributed by atoms with E-state index in [1.807, 2.05) is 10.9 Å². The predicted octanol–water partition coefficient (Wildman–Crippen LogP) is 2.04. The molecule has 1 rings (SSSR count). The average molecular weight is 168 g/mol. The molecule has 0 fully saturated rings. The minimum absolute atomic E-state index is 0.361. The van der Waals surface area contributed by atoms with Gasteiger partial charge < -0.3 is 4.74 Å². The van der Waals surface area contributed by atoms with E-state index in [2.05, 4.69) is 25.9 Å². The number of aromatic nitrogens is 2. The van der Waals surface area contributed by atoms with Crippen molar-refractivity contribution in [2.75, 3.05) is 7.11 Å². The smallest absolute Gasteiger partial charge is 0.214 e. The Bertz CT molecular complexity index is 253. The zero-order chi connectivity index (χ0) is 9.14. The molecule has 0 radical (unpaired) electrons. The summed E-state index contributed by atoms with van der Waals surface area (Å²) < 4.78 is 7.17. The van der Waals surface area contributed by atoms with Gasteiger partial charge in [0.25, 0.3) is 0 Å². The number of nitrogens with zero attached hydrogens (tertiary/aromatic N) is 2. The van der Waals surface area contributed by atoms with E-state index in [0.29, 0.717) is 6.04 Å². The minimum Gasteiger partial charge on any atom is -0.481 e. The second-order valence-electron chi connectivity index (χ2n) is 3.07. The van der Waals surface area contributed by atoms with Crippen LogP contribution in [0.25, 0.3) is 0 Å². The quantitative estimate of drug-likeness (QED) is 0.690. The number of methoxy groups -OCH3 is 1. The molecule has 3 heteroatoms. The summed E-state index contributed by atoms with van der Waals surface area (Å²) in [7, 11) is 1.69. The number of aryl methyl sites for hydroxylation is 1. The van der Waals surface area contributed by atoms with Gasteiger partial charge in [-0.1, -0.05) is 6.92 Å². The van der Waals surface area contributed by atoms with Crippen LogP contribution < -0.4 is 4.74 Å². The Kier molecular flexibility index (Phi) is 2.74. The molecule has 0 unspecified atom stereocenters. The summed E-state index contributed by atoms with van der Waals surface area (Å²) in [6, 6.07) is 0.361. The van der Waals surface area contributed by atoms with Crippen molar-refractivity contribution in [1.29, 1.82) is 0 Å². The van der Waals surface area contributed by atoms with Crippen LogP contribution in [0.4, 0.5) is 0 Å². The maximum atomic E-state index is 5.27. The highest BCUT2D eigenvalue weighted by Crippen LogP contribution is 2.21. The largest absolute Gasteiger partial charge is 0.481 e. The molecule has 0 amide bonds. The molecule has 68 valence electrons. The van der Waals surface area contributed by atoms with Crippen molar-refractivity contribution in [3.8, 4) is 5.88 Å². The lowest BCUT2D eigenvalue weighted by Crippen LogP contribution is -2.05. The van der Waals surface area contributed by atoms with Crippen molar-refractivity contribution >= 4 is 0 Å². The number of ether oxygens (including phenoxy) is 1. The van der Waals surface area contributed by atoms with Gasteiger partial charge in [0, 0.05) is 5.56 Å². The first-order chi connectivity index (χ1) is 5.70. The second-order valence-corrected chi connectivity index (χ2v) is 3.07. The van der Waals surface area contributed by atoms with Crippen LogP contribution in [0.15, 0.2) is 6.20 Å². The van der Waals surface area contributed by atoms with E-state index in [1.54, 1.807) is 7.11 Å². The molecule has 3 nitrogen and oxygen atoms in total. The van der Waals surface area contributed by atoms with Gasteiger partial charge in [-0.05, 0) is 20.3 Å². The van der Waals surface area contributed by atoms with Gasteiger partial charge in [0.05, 0.1) is 19.3 Å². The number of hydrogen-bond acceptors (Lipinski definition) is 2. The molecule has 0 N–H and O–H groups in total. The Balaban J connectivity index is 3.05. The molecule has 0 aliphatic heterocycles. The van der Waals surface area contributed by atoms with Gasteiger partial charge in [-0.3, -0.25) is 0 Å². The second kappa shape index (κ2) is 3.61. The lowest BCUT2D eigenvalue weighted by Gasteiger charge is -2.10. The summed E-state index contributed by atoms with van der Waals surface area (Å²) in [5.74, 6) is 0.896.